The molecule has 2 heterocycles. The molecule has 0 aliphatic carbocycles. The maximum absolute atomic E-state index is 5.24. The van der Waals surface area contributed by atoms with Crippen LogP contribution in [-0.4, -0.2) is 32.6 Å². The summed E-state index contributed by atoms with van der Waals surface area (Å²) >= 11 is 1.71. The number of benzene rings is 1. The highest BCUT2D eigenvalue weighted by Crippen LogP contribution is 2.28. The third-order valence-corrected chi connectivity index (χ3v) is 4.47. The fraction of sp³-hybridized carbons (Fsp3) is 0.235. The SMILES string of the molecule is CCCSc1nnc(-c2ccncc2)n1-c1ccc(OC)cc1. The Morgan fingerprint density at radius 1 is 1.04 bits per heavy atom. The zero-order valence-corrected chi connectivity index (χ0v) is 14.0. The van der Waals surface area contributed by atoms with Crippen molar-refractivity contribution in [3.8, 4) is 22.8 Å². The minimum absolute atomic E-state index is 0.816. The van der Waals surface area contributed by atoms with Crippen LogP contribution in [0.5, 0.6) is 5.75 Å². The molecule has 23 heavy (non-hydrogen) atoms. The van der Waals surface area contributed by atoms with E-state index in [9.17, 15) is 0 Å². The van der Waals surface area contributed by atoms with Gasteiger partial charge in [-0.25, -0.2) is 0 Å². The second kappa shape index (κ2) is 7.28. The molecule has 0 bridgehead atoms. The highest BCUT2D eigenvalue weighted by Gasteiger charge is 2.15. The summed E-state index contributed by atoms with van der Waals surface area (Å²) in [6.45, 7) is 2.16. The largest absolute Gasteiger partial charge is 0.497 e. The zero-order chi connectivity index (χ0) is 16.1. The van der Waals surface area contributed by atoms with Gasteiger partial charge in [0.2, 0.25) is 0 Å². The molecule has 0 saturated heterocycles. The Bertz CT molecular complexity index is 756. The molecule has 0 N–H and O–H groups in total. The second-order valence-electron chi connectivity index (χ2n) is 4.92. The minimum atomic E-state index is 0.816. The molecular weight excluding hydrogens is 308 g/mol. The van der Waals surface area contributed by atoms with Gasteiger partial charge in [0.15, 0.2) is 11.0 Å². The Morgan fingerprint density at radius 2 is 1.78 bits per heavy atom. The van der Waals surface area contributed by atoms with E-state index < -0.39 is 0 Å². The molecule has 0 fully saturated rings. The Kier molecular flexibility index (Phi) is 4.92. The van der Waals surface area contributed by atoms with E-state index in [0.29, 0.717) is 0 Å². The molecule has 5 nitrogen and oxygen atoms in total. The molecule has 0 saturated carbocycles. The molecule has 3 aromatic rings. The molecule has 3 rings (SSSR count). The van der Waals surface area contributed by atoms with Crippen molar-refractivity contribution in [3.05, 3.63) is 48.8 Å². The van der Waals surface area contributed by atoms with Crippen molar-refractivity contribution in [2.75, 3.05) is 12.9 Å². The van der Waals surface area contributed by atoms with Crippen molar-refractivity contribution >= 4 is 11.8 Å². The predicted molar refractivity (Wildman–Crippen MR) is 92.2 cm³/mol. The van der Waals surface area contributed by atoms with Crippen LogP contribution in [-0.2, 0) is 0 Å². The van der Waals surface area contributed by atoms with Crippen molar-refractivity contribution in [2.24, 2.45) is 0 Å². The number of thioether (sulfide) groups is 1. The van der Waals surface area contributed by atoms with E-state index in [0.717, 1.165) is 40.2 Å². The normalized spacial score (nSPS) is 10.7. The van der Waals surface area contributed by atoms with Crippen LogP contribution < -0.4 is 4.74 Å². The Labute approximate surface area is 139 Å². The Morgan fingerprint density at radius 3 is 2.43 bits per heavy atom. The lowest BCUT2D eigenvalue weighted by Crippen LogP contribution is -2.00. The van der Waals surface area contributed by atoms with Gasteiger partial charge in [-0.15, -0.1) is 10.2 Å². The third-order valence-electron chi connectivity index (χ3n) is 3.34. The van der Waals surface area contributed by atoms with Gasteiger partial charge in [-0.1, -0.05) is 18.7 Å². The minimum Gasteiger partial charge on any atom is -0.497 e. The van der Waals surface area contributed by atoms with E-state index in [1.54, 1.807) is 31.3 Å². The van der Waals surface area contributed by atoms with E-state index in [1.807, 2.05) is 36.4 Å². The van der Waals surface area contributed by atoms with Gasteiger partial charge in [0.1, 0.15) is 5.75 Å². The maximum atomic E-state index is 5.24. The number of methoxy groups -OCH3 is 1. The van der Waals surface area contributed by atoms with E-state index in [-0.39, 0.29) is 0 Å². The standard InChI is InChI=1S/C17H18N4OS/c1-3-12-23-17-20-19-16(13-8-10-18-11-9-13)21(17)14-4-6-15(22-2)7-5-14/h4-11H,3,12H2,1-2H3. The lowest BCUT2D eigenvalue weighted by atomic mass is 10.2. The van der Waals surface area contributed by atoms with Crippen molar-refractivity contribution in [2.45, 2.75) is 18.5 Å². The van der Waals surface area contributed by atoms with E-state index >= 15 is 0 Å². The van der Waals surface area contributed by atoms with Crippen molar-refractivity contribution in [3.63, 3.8) is 0 Å². The fourth-order valence-corrected chi connectivity index (χ4v) is 3.02. The molecule has 0 radical (unpaired) electrons. The van der Waals surface area contributed by atoms with Gasteiger partial charge in [0.25, 0.3) is 0 Å². The van der Waals surface area contributed by atoms with Crippen LogP contribution in [0.2, 0.25) is 0 Å². The topological polar surface area (TPSA) is 52.8 Å². The van der Waals surface area contributed by atoms with Crippen LogP contribution in [0.15, 0.2) is 53.9 Å². The Balaban J connectivity index is 2.08. The van der Waals surface area contributed by atoms with Gasteiger partial charge in [-0.3, -0.25) is 9.55 Å². The van der Waals surface area contributed by atoms with E-state index in [2.05, 4.69) is 26.7 Å². The second-order valence-corrected chi connectivity index (χ2v) is 5.99. The fourth-order valence-electron chi connectivity index (χ4n) is 2.21. The molecule has 0 amide bonds. The van der Waals surface area contributed by atoms with Crippen LogP contribution in [0.1, 0.15) is 13.3 Å². The number of ether oxygens (including phenoxy) is 1. The van der Waals surface area contributed by atoms with Crippen LogP contribution in [0, 0.1) is 0 Å². The van der Waals surface area contributed by atoms with Gasteiger partial charge in [0.05, 0.1) is 7.11 Å². The molecule has 0 unspecified atom stereocenters. The van der Waals surface area contributed by atoms with Crippen molar-refractivity contribution < 1.29 is 4.74 Å². The molecule has 0 atom stereocenters. The van der Waals surface area contributed by atoms with Gasteiger partial charge < -0.3 is 4.74 Å². The smallest absolute Gasteiger partial charge is 0.196 e. The van der Waals surface area contributed by atoms with Crippen LogP contribution in [0.3, 0.4) is 0 Å². The molecule has 6 heteroatoms. The highest BCUT2D eigenvalue weighted by atomic mass is 32.2. The summed E-state index contributed by atoms with van der Waals surface area (Å²) in [5.74, 6) is 2.65. The Hall–Kier alpha value is -2.34. The van der Waals surface area contributed by atoms with E-state index in [1.165, 1.54) is 0 Å². The van der Waals surface area contributed by atoms with Crippen LogP contribution in [0.4, 0.5) is 0 Å². The molecule has 1 aromatic carbocycles. The number of aromatic nitrogens is 4. The average Bonchev–Trinajstić information content (AvgIpc) is 3.04. The molecular formula is C17H18N4OS. The van der Waals surface area contributed by atoms with Gasteiger partial charge in [0, 0.05) is 29.4 Å². The summed E-state index contributed by atoms with van der Waals surface area (Å²) in [4.78, 5) is 4.07. The quantitative estimate of drug-likeness (QED) is 0.644. The third kappa shape index (κ3) is 3.37. The molecule has 0 aliphatic rings. The number of hydrogen-bond acceptors (Lipinski definition) is 5. The summed E-state index contributed by atoms with van der Waals surface area (Å²) in [5.41, 5.74) is 2.01. The van der Waals surface area contributed by atoms with Gasteiger partial charge >= 0.3 is 0 Å². The van der Waals surface area contributed by atoms with Crippen LogP contribution in [0.25, 0.3) is 17.1 Å². The maximum Gasteiger partial charge on any atom is 0.196 e. The average molecular weight is 326 g/mol. The van der Waals surface area contributed by atoms with Gasteiger partial charge in [-0.2, -0.15) is 0 Å². The lowest BCUT2D eigenvalue weighted by Gasteiger charge is -2.10. The summed E-state index contributed by atoms with van der Waals surface area (Å²) in [5, 5.41) is 9.66. The summed E-state index contributed by atoms with van der Waals surface area (Å²) in [7, 11) is 1.67. The summed E-state index contributed by atoms with van der Waals surface area (Å²) in [6, 6.07) is 11.8. The highest BCUT2D eigenvalue weighted by molar-refractivity contribution is 7.99. The van der Waals surface area contributed by atoms with Crippen molar-refractivity contribution in [1.29, 1.82) is 0 Å². The van der Waals surface area contributed by atoms with Crippen LogP contribution >= 0.6 is 11.8 Å². The number of rotatable bonds is 6. The number of hydrogen-bond donors (Lipinski definition) is 0. The molecule has 0 spiro atoms. The van der Waals surface area contributed by atoms with Gasteiger partial charge in [-0.05, 0) is 42.8 Å². The monoisotopic (exact) mass is 326 g/mol. The molecule has 0 aliphatic heterocycles. The number of pyridine rings is 1. The molecule has 118 valence electrons. The molecule has 2 aromatic heterocycles. The summed E-state index contributed by atoms with van der Waals surface area (Å²) < 4.78 is 7.32. The first-order chi connectivity index (χ1) is 11.3. The lowest BCUT2D eigenvalue weighted by molar-refractivity contribution is 0.414. The zero-order valence-electron chi connectivity index (χ0n) is 13.1. The first-order valence-corrected chi connectivity index (χ1v) is 8.45. The number of nitrogens with zero attached hydrogens (tertiary/aromatic N) is 4. The van der Waals surface area contributed by atoms with E-state index in [4.69, 9.17) is 4.74 Å². The first-order valence-electron chi connectivity index (χ1n) is 7.46. The first kappa shape index (κ1) is 15.6. The predicted octanol–water partition coefficient (Wildman–Crippen LogP) is 3.84. The summed E-state index contributed by atoms with van der Waals surface area (Å²) in [6.07, 6.45) is 4.62. The van der Waals surface area contributed by atoms with Crippen molar-refractivity contribution in [1.82, 2.24) is 19.7 Å².